The van der Waals surface area contributed by atoms with Gasteiger partial charge in [0.2, 0.25) is 0 Å². The Hall–Kier alpha value is -1.42. The third kappa shape index (κ3) is 2.65. The van der Waals surface area contributed by atoms with Gasteiger partial charge < -0.3 is 5.32 Å². The van der Waals surface area contributed by atoms with Gasteiger partial charge in [-0.2, -0.15) is 0 Å². The van der Waals surface area contributed by atoms with Gasteiger partial charge in [-0.3, -0.25) is 9.69 Å². The molecule has 1 amide bonds. The number of carbonyl (C=O) groups excluding carboxylic acids is 1. The number of hydrogen-bond donors (Lipinski definition) is 1. The van der Waals surface area contributed by atoms with Crippen LogP contribution in [0.2, 0.25) is 0 Å². The zero-order chi connectivity index (χ0) is 15.1. The van der Waals surface area contributed by atoms with E-state index in [-0.39, 0.29) is 17.5 Å². The quantitative estimate of drug-likeness (QED) is 0.930. The molecule has 2 aliphatic heterocycles. The lowest BCUT2D eigenvalue weighted by molar-refractivity contribution is 0.0175. The van der Waals surface area contributed by atoms with Gasteiger partial charge in [-0.15, -0.1) is 0 Å². The van der Waals surface area contributed by atoms with Crippen LogP contribution in [0.4, 0.5) is 4.39 Å². The van der Waals surface area contributed by atoms with Gasteiger partial charge in [-0.05, 0) is 50.7 Å². The second-order valence-electron chi connectivity index (χ2n) is 7.04. The highest BCUT2D eigenvalue weighted by Crippen LogP contribution is 2.41. The molecule has 4 rings (SSSR count). The van der Waals surface area contributed by atoms with Crippen LogP contribution >= 0.6 is 0 Å². The summed E-state index contributed by atoms with van der Waals surface area (Å²) < 4.78 is 13.7. The number of fused-ring (bicyclic) bond motifs is 2. The molecule has 0 aromatic heterocycles. The van der Waals surface area contributed by atoms with Gasteiger partial charge in [0.25, 0.3) is 5.91 Å². The Morgan fingerprint density at radius 1 is 1.05 bits per heavy atom. The molecule has 2 saturated heterocycles. The van der Waals surface area contributed by atoms with Crippen molar-refractivity contribution in [2.45, 2.75) is 69.1 Å². The zero-order valence-electron chi connectivity index (χ0n) is 12.8. The molecule has 2 bridgehead atoms. The average molecular weight is 302 g/mol. The van der Waals surface area contributed by atoms with Crippen molar-refractivity contribution in [3.63, 3.8) is 0 Å². The maximum absolute atomic E-state index is 13.7. The molecule has 0 spiro atoms. The van der Waals surface area contributed by atoms with Crippen LogP contribution in [-0.4, -0.2) is 35.0 Å². The molecule has 1 N–H and O–H groups in total. The second-order valence-corrected chi connectivity index (χ2v) is 7.04. The van der Waals surface area contributed by atoms with Crippen LogP contribution in [-0.2, 0) is 0 Å². The van der Waals surface area contributed by atoms with Gasteiger partial charge in [0.05, 0.1) is 5.56 Å². The SMILES string of the molecule is O=C(NC1CC2CCCC(C1)N2C1CC1)c1ccccc1F. The van der Waals surface area contributed by atoms with E-state index in [0.717, 1.165) is 18.9 Å². The summed E-state index contributed by atoms with van der Waals surface area (Å²) in [6.45, 7) is 0. The minimum Gasteiger partial charge on any atom is -0.349 e. The molecule has 1 aromatic carbocycles. The number of hydrogen-bond acceptors (Lipinski definition) is 2. The fraction of sp³-hybridized carbons (Fsp3) is 0.611. The maximum atomic E-state index is 13.7. The molecule has 4 heteroatoms. The van der Waals surface area contributed by atoms with Gasteiger partial charge in [0.1, 0.15) is 5.82 Å². The van der Waals surface area contributed by atoms with Gasteiger partial charge in [0, 0.05) is 24.2 Å². The van der Waals surface area contributed by atoms with Gasteiger partial charge in [0.15, 0.2) is 0 Å². The summed E-state index contributed by atoms with van der Waals surface area (Å²) in [7, 11) is 0. The Balaban J connectivity index is 1.44. The number of nitrogens with zero attached hydrogens (tertiary/aromatic N) is 1. The molecule has 2 atom stereocenters. The van der Waals surface area contributed by atoms with E-state index < -0.39 is 5.82 Å². The largest absolute Gasteiger partial charge is 0.349 e. The van der Waals surface area contributed by atoms with Crippen LogP contribution in [0.15, 0.2) is 24.3 Å². The molecule has 0 radical (unpaired) electrons. The first-order chi connectivity index (χ1) is 10.7. The number of carbonyl (C=O) groups is 1. The predicted molar refractivity (Wildman–Crippen MR) is 83.2 cm³/mol. The predicted octanol–water partition coefficient (Wildman–Crippen LogP) is 3.10. The van der Waals surface area contributed by atoms with E-state index in [4.69, 9.17) is 0 Å². The number of piperidine rings is 2. The van der Waals surface area contributed by atoms with Crippen molar-refractivity contribution in [1.82, 2.24) is 10.2 Å². The molecule has 1 aromatic rings. The third-order valence-corrected chi connectivity index (χ3v) is 5.45. The normalized spacial score (nSPS) is 31.8. The first-order valence-corrected chi connectivity index (χ1v) is 8.55. The molecule has 1 saturated carbocycles. The number of rotatable bonds is 3. The molecule has 2 heterocycles. The van der Waals surface area contributed by atoms with Crippen molar-refractivity contribution in [2.75, 3.05) is 0 Å². The minimum atomic E-state index is -0.435. The van der Waals surface area contributed by atoms with E-state index in [2.05, 4.69) is 10.2 Å². The Morgan fingerprint density at radius 3 is 2.36 bits per heavy atom. The molecular weight excluding hydrogens is 279 g/mol. The molecule has 2 unspecified atom stereocenters. The monoisotopic (exact) mass is 302 g/mol. The Bertz CT molecular complexity index is 558. The van der Waals surface area contributed by atoms with Crippen LogP contribution in [0.25, 0.3) is 0 Å². The fourth-order valence-electron chi connectivity index (χ4n) is 4.41. The van der Waals surface area contributed by atoms with E-state index in [1.807, 2.05) is 0 Å². The topological polar surface area (TPSA) is 32.3 Å². The van der Waals surface area contributed by atoms with E-state index >= 15 is 0 Å². The van der Waals surface area contributed by atoms with E-state index in [0.29, 0.717) is 12.1 Å². The average Bonchev–Trinajstić information content (AvgIpc) is 3.31. The van der Waals surface area contributed by atoms with Crippen LogP contribution in [0.3, 0.4) is 0 Å². The highest BCUT2D eigenvalue weighted by molar-refractivity contribution is 5.94. The fourth-order valence-corrected chi connectivity index (χ4v) is 4.41. The number of benzene rings is 1. The lowest BCUT2D eigenvalue weighted by Gasteiger charge is -2.49. The lowest BCUT2D eigenvalue weighted by atomic mass is 9.81. The summed E-state index contributed by atoms with van der Waals surface area (Å²) >= 11 is 0. The molecule has 3 fully saturated rings. The second kappa shape index (κ2) is 5.65. The number of amides is 1. The molecule has 3 nitrogen and oxygen atoms in total. The molecule has 118 valence electrons. The van der Waals surface area contributed by atoms with Gasteiger partial charge >= 0.3 is 0 Å². The summed E-state index contributed by atoms with van der Waals surface area (Å²) in [5, 5.41) is 3.08. The smallest absolute Gasteiger partial charge is 0.254 e. The summed E-state index contributed by atoms with van der Waals surface area (Å²) in [6.07, 6.45) is 8.55. The van der Waals surface area contributed by atoms with E-state index in [1.165, 1.54) is 38.2 Å². The van der Waals surface area contributed by atoms with Crippen LogP contribution in [0.1, 0.15) is 55.3 Å². The first-order valence-electron chi connectivity index (χ1n) is 8.55. The van der Waals surface area contributed by atoms with Crippen molar-refractivity contribution in [3.8, 4) is 0 Å². The van der Waals surface area contributed by atoms with Crippen molar-refractivity contribution in [1.29, 1.82) is 0 Å². The minimum absolute atomic E-state index is 0.164. The van der Waals surface area contributed by atoms with Crippen LogP contribution in [0, 0.1) is 5.82 Å². The Labute approximate surface area is 130 Å². The first kappa shape index (κ1) is 14.2. The standard InChI is InChI=1S/C18H23FN2O/c19-17-7-2-1-6-16(17)18(22)20-12-10-14-4-3-5-15(11-12)21(14)13-8-9-13/h1-2,6-7,12-15H,3-5,8-11H2,(H,20,22). The van der Waals surface area contributed by atoms with Crippen molar-refractivity contribution in [2.24, 2.45) is 0 Å². The number of nitrogens with one attached hydrogen (secondary N) is 1. The van der Waals surface area contributed by atoms with Crippen molar-refractivity contribution < 1.29 is 9.18 Å². The van der Waals surface area contributed by atoms with Crippen molar-refractivity contribution in [3.05, 3.63) is 35.6 Å². The van der Waals surface area contributed by atoms with Crippen LogP contribution < -0.4 is 5.32 Å². The third-order valence-electron chi connectivity index (χ3n) is 5.45. The highest BCUT2D eigenvalue weighted by Gasteiger charge is 2.45. The Kier molecular flexibility index (Phi) is 3.65. The lowest BCUT2D eigenvalue weighted by Crippen LogP contribution is -2.57. The van der Waals surface area contributed by atoms with E-state index in [9.17, 15) is 9.18 Å². The molecule has 22 heavy (non-hydrogen) atoms. The summed E-state index contributed by atoms with van der Waals surface area (Å²) in [5.41, 5.74) is 0.164. The summed E-state index contributed by atoms with van der Waals surface area (Å²) in [4.78, 5) is 15.0. The van der Waals surface area contributed by atoms with E-state index in [1.54, 1.807) is 18.2 Å². The summed E-state index contributed by atoms with van der Waals surface area (Å²) in [6, 6.07) is 8.46. The maximum Gasteiger partial charge on any atom is 0.254 e. The zero-order valence-corrected chi connectivity index (χ0v) is 12.8. The number of halogens is 1. The van der Waals surface area contributed by atoms with Crippen LogP contribution in [0.5, 0.6) is 0 Å². The van der Waals surface area contributed by atoms with Gasteiger partial charge in [-0.1, -0.05) is 18.6 Å². The summed E-state index contributed by atoms with van der Waals surface area (Å²) in [5.74, 6) is -0.698. The highest BCUT2D eigenvalue weighted by atomic mass is 19.1. The molecule has 3 aliphatic rings. The molecular formula is C18H23FN2O. The van der Waals surface area contributed by atoms with Crippen molar-refractivity contribution >= 4 is 5.91 Å². The van der Waals surface area contributed by atoms with Gasteiger partial charge in [-0.25, -0.2) is 4.39 Å². The molecule has 1 aliphatic carbocycles. The Morgan fingerprint density at radius 2 is 1.73 bits per heavy atom.